The van der Waals surface area contributed by atoms with Crippen molar-refractivity contribution in [2.45, 2.75) is 19.4 Å². The summed E-state index contributed by atoms with van der Waals surface area (Å²) in [6.07, 6.45) is 4.26. The van der Waals surface area contributed by atoms with Crippen LogP contribution in [0.1, 0.15) is 29.5 Å². The molecule has 12 heavy (non-hydrogen) atoms. The van der Waals surface area contributed by atoms with Crippen LogP contribution in [0, 0.1) is 6.92 Å². The molecule has 1 aromatic heterocycles. The molecule has 0 bridgehead atoms. The highest BCUT2D eigenvalue weighted by atomic mass is 16.3. The van der Waals surface area contributed by atoms with Crippen LogP contribution >= 0.6 is 0 Å². The summed E-state index contributed by atoms with van der Waals surface area (Å²) in [5.74, 6) is 0. The number of fused-ring (bicyclic) bond motifs is 1. The highest BCUT2D eigenvalue weighted by Gasteiger charge is 2.14. The van der Waals surface area contributed by atoms with Crippen molar-refractivity contribution in [2.24, 2.45) is 0 Å². The lowest BCUT2D eigenvalue weighted by atomic mass is 10.00. The molecule has 0 radical (unpaired) electrons. The Labute approximate surface area is 71.6 Å². The topological polar surface area (TPSA) is 33.1 Å². The molecule has 0 saturated carbocycles. The van der Waals surface area contributed by atoms with Crippen molar-refractivity contribution >= 4 is 6.08 Å². The third kappa shape index (κ3) is 1.14. The number of aryl methyl sites for hydroxylation is 1. The molecule has 2 nitrogen and oxygen atoms in total. The van der Waals surface area contributed by atoms with E-state index in [0.717, 1.165) is 17.0 Å². The number of rotatable bonds is 0. The summed E-state index contributed by atoms with van der Waals surface area (Å²) < 4.78 is 0. The predicted molar refractivity (Wildman–Crippen MR) is 47.6 cm³/mol. The first-order valence-corrected chi connectivity index (χ1v) is 4.09. The molecule has 0 saturated heterocycles. The van der Waals surface area contributed by atoms with Crippen LogP contribution in [0.15, 0.2) is 18.2 Å². The van der Waals surface area contributed by atoms with Gasteiger partial charge in [0.05, 0.1) is 11.8 Å². The second-order valence-corrected chi connectivity index (χ2v) is 3.08. The minimum Gasteiger partial charge on any atom is -0.386 e. The van der Waals surface area contributed by atoms with Crippen molar-refractivity contribution < 1.29 is 5.11 Å². The average Bonchev–Trinajstić information content (AvgIpc) is 2.07. The van der Waals surface area contributed by atoms with Gasteiger partial charge in [0, 0.05) is 5.69 Å². The molecule has 0 aliphatic heterocycles. The Morgan fingerprint density at radius 2 is 2.33 bits per heavy atom. The van der Waals surface area contributed by atoms with E-state index >= 15 is 0 Å². The summed E-state index contributed by atoms with van der Waals surface area (Å²) in [6, 6.07) is 3.96. The van der Waals surface area contributed by atoms with Gasteiger partial charge in [-0.3, -0.25) is 4.98 Å². The van der Waals surface area contributed by atoms with Gasteiger partial charge in [-0.15, -0.1) is 0 Å². The lowest BCUT2D eigenvalue weighted by molar-refractivity contribution is 0.175. The fraction of sp³-hybridized carbons (Fsp3) is 0.300. The van der Waals surface area contributed by atoms with Gasteiger partial charge in [0.25, 0.3) is 0 Å². The van der Waals surface area contributed by atoms with Gasteiger partial charge in [-0.1, -0.05) is 18.2 Å². The molecule has 0 amide bonds. The molecule has 1 atom stereocenters. The molecule has 1 N–H and O–H groups in total. The van der Waals surface area contributed by atoms with Gasteiger partial charge < -0.3 is 5.11 Å². The van der Waals surface area contributed by atoms with E-state index in [-0.39, 0.29) is 0 Å². The summed E-state index contributed by atoms with van der Waals surface area (Å²) in [5, 5.41) is 9.57. The summed E-state index contributed by atoms with van der Waals surface area (Å²) in [6.45, 7) is 1.94. The van der Waals surface area contributed by atoms with Crippen LogP contribution in [0.25, 0.3) is 6.08 Å². The second-order valence-electron chi connectivity index (χ2n) is 3.08. The molecule has 1 aliphatic rings. The molecule has 2 heteroatoms. The Balaban J connectivity index is 2.56. The number of pyridine rings is 1. The molecule has 0 spiro atoms. The summed E-state index contributed by atoms with van der Waals surface area (Å²) in [5.41, 5.74) is 2.82. The molecule has 2 rings (SSSR count). The van der Waals surface area contributed by atoms with E-state index in [1.54, 1.807) is 0 Å². The number of aliphatic hydroxyl groups is 1. The number of nitrogens with zero attached hydrogens (tertiary/aromatic N) is 1. The third-order valence-corrected chi connectivity index (χ3v) is 2.07. The average molecular weight is 161 g/mol. The Bertz CT molecular complexity index is 331. The maximum atomic E-state index is 9.57. The van der Waals surface area contributed by atoms with Gasteiger partial charge in [-0.2, -0.15) is 0 Å². The van der Waals surface area contributed by atoms with Crippen molar-refractivity contribution in [1.29, 1.82) is 0 Å². The van der Waals surface area contributed by atoms with Crippen LogP contribution in [0.5, 0.6) is 0 Å². The lowest BCUT2D eigenvalue weighted by Crippen LogP contribution is -2.06. The standard InChI is InChI=1S/C10H11NO/c1-7-5-6-8-3-2-4-9(12)10(8)11-7/h2-3,5-6,9,12H,4H2,1H3. The van der Waals surface area contributed by atoms with E-state index in [1.165, 1.54) is 0 Å². The second kappa shape index (κ2) is 2.72. The van der Waals surface area contributed by atoms with Crippen molar-refractivity contribution in [1.82, 2.24) is 4.98 Å². The van der Waals surface area contributed by atoms with E-state index < -0.39 is 6.10 Å². The Kier molecular flexibility index (Phi) is 1.70. The quantitative estimate of drug-likeness (QED) is 0.629. The Morgan fingerprint density at radius 3 is 3.17 bits per heavy atom. The monoisotopic (exact) mass is 161 g/mol. The molecule has 0 aromatic carbocycles. The number of hydrogen-bond donors (Lipinski definition) is 1. The van der Waals surface area contributed by atoms with Crippen molar-refractivity contribution in [3.05, 3.63) is 35.2 Å². The van der Waals surface area contributed by atoms with Gasteiger partial charge in [-0.25, -0.2) is 0 Å². The zero-order valence-electron chi connectivity index (χ0n) is 6.99. The van der Waals surface area contributed by atoms with Crippen LogP contribution in [0.4, 0.5) is 0 Å². The SMILES string of the molecule is Cc1ccc2c(n1)C(O)CC=C2. The van der Waals surface area contributed by atoms with Gasteiger partial charge in [0.1, 0.15) is 0 Å². The van der Waals surface area contributed by atoms with Crippen molar-refractivity contribution in [3.8, 4) is 0 Å². The number of hydrogen-bond acceptors (Lipinski definition) is 2. The molecule has 0 fully saturated rings. The summed E-state index contributed by atoms with van der Waals surface area (Å²) in [4.78, 5) is 4.29. The fourth-order valence-corrected chi connectivity index (χ4v) is 1.43. The third-order valence-electron chi connectivity index (χ3n) is 2.07. The highest BCUT2D eigenvalue weighted by Crippen LogP contribution is 2.25. The molecule has 1 heterocycles. The van der Waals surface area contributed by atoms with E-state index in [1.807, 2.05) is 31.2 Å². The number of aromatic nitrogens is 1. The van der Waals surface area contributed by atoms with Crippen molar-refractivity contribution in [2.75, 3.05) is 0 Å². The molecule has 62 valence electrons. The van der Waals surface area contributed by atoms with E-state index in [0.29, 0.717) is 6.42 Å². The zero-order valence-corrected chi connectivity index (χ0v) is 6.99. The zero-order chi connectivity index (χ0) is 8.55. The molecule has 1 aromatic rings. The first-order chi connectivity index (χ1) is 5.77. The van der Waals surface area contributed by atoms with Crippen LogP contribution in [-0.2, 0) is 0 Å². The minimum atomic E-state index is -0.412. The van der Waals surface area contributed by atoms with E-state index in [4.69, 9.17) is 0 Å². The van der Waals surface area contributed by atoms with Crippen molar-refractivity contribution in [3.63, 3.8) is 0 Å². The lowest BCUT2D eigenvalue weighted by Gasteiger charge is -2.15. The smallest absolute Gasteiger partial charge is 0.1000 e. The minimum absolute atomic E-state index is 0.412. The summed E-state index contributed by atoms with van der Waals surface area (Å²) >= 11 is 0. The van der Waals surface area contributed by atoms with E-state index in [9.17, 15) is 5.11 Å². The predicted octanol–water partition coefficient (Wildman–Crippen LogP) is 1.84. The normalized spacial score (nSPS) is 20.7. The Morgan fingerprint density at radius 1 is 1.50 bits per heavy atom. The fourth-order valence-electron chi connectivity index (χ4n) is 1.43. The van der Waals surface area contributed by atoms with Crippen LogP contribution in [0.3, 0.4) is 0 Å². The van der Waals surface area contributed by atoms with Gasteiger partial charge in [0.2, 0.25) is 0 Å². The molecular formula is C10H11NO. The van der Waals surface area contributed by atoms with Crippen LogP contribution in [0.2, 0.25) is 0 Å². The van der Waals surface area contributed by atoms with Crippen LogP contribution in [-0.4, -0.2) is 10.1 Å². The van der Waals surface area contributed by atoms with Gasteiger partial charge >= 0.3 is 0 Å². The van der Waals surface area contributed by atoms with Gasteiger partial charge in [0.15, 0.2) is 0 Å². The van der Waals surface area contributed by atoms with Crippen LogP contribution < -0.4 is 0 Å². The maximum Gasteiger partial charge on any atom is 0.1000 e. The maximum absolute atomic E-state index is 9.57. The molecular weight excluding hydrogens is 150 g/mol. The highest BCUT2D eigenvalue weighted by molar-refractivity contribution is 5.55. The Hall–Kier alpha value is -1.15. The van der Waals surface area contributed by atoms with Gasteiger partial charge in [-0.05, 0) is 25.0 Å². The first kappa shape index (κ1) is 7.50. The van der Waals surface area contributed by atoms with E-state index in [2.05, 4.69) is 4.98 Å². The molecule has 1 aliphatic carbocycles. The largest absolute Gasteiger partial charge is 0.386 e. The summed E-state index contributed by atoms with van der Waals surface area (Å²) in [7, 11) is 0. The molecule has 1 unspecified atom stereocenters. The number of aliphatic hydroxyl groups excluding tert-OH is 1. The first-order valence-electron chi connectivity index (χ1n) is 4.09.